The van der Waals surface area contributed by atoms with Crippen LogP contribution in [0.25, 0.3) is 22.4 Å². The number of amides is 2. The maximum Gasteiger partial charge on any atom is 0.471 e. The molecule has 1 saturated heterocycles. The third-order valence-corrected chi connectivity index (χ3v) is 6.05. The van der Waals surface area contributed by atoms with Crippen LogP contribution < -0.4 is 5.32 Å². The van der Waals surface area contributed by atoms with Gasteiger partial charge in [0.25, 0.3) is 11.8 Å². The number of nitrogens with one attached hydrogen (secondary N) is 1. The zero-order valence-corrected chi connectivity index (χ0v) is 19.5. The molecule has 0 bridgehead atoms. The fourth-order valence-electron chi connectivity index (χ4n) is 4.21. The van der Waals surface area contributed by atoms with E-state index in [2.05, 4.69) is 20.0 Å². The van der Waals surface area contributed by atoms with Crippen LogP contribution in [0.4, 0.5) is 13.2 Å². The molecule has 0 radical (unpaired) electrons. The highest BCUT2D eigenvalue weighted by Gasteiger charge is 2.38. The first-order valence-corrected chi connectivity index (χ1v) is 11.4. The molecule has 192 valence electrons. The lowest BCUT2D eigenvalue weighted by Gasteiger charge is -2.35. The number of halogens is 3. The predicted molar refractivity (Wildman–Crippen MR) is 124 cm³/mol. The van der Waals surface area contributed by atoms with Crippen LogP contribution in [0.1, 0.15) is 32.4 Å². The van der Waals surface area contributed by atoms with Gasteiger partial charge in [-0.3, -0.25) is 9.59 Å². The van der Waals surface area contributed by atoms with E-state index < -0.39 is 24.0 Å². The van der Waals surface area contributed by atoms with Gasteiger partial charge in [0.05, 0.1) is 24.8 Å². The smallest absolute Gasteiger partial charge is 0.461 e. The summed E-state index contributed by atoms with van der Waals surface area (Å²) in [5.74, 6) is -1.79. The Hall–Kier alpha value is -4.19. The van der Waals surface area contributed by atoms with E-state index in [-0.39, 0.29) is 36.0 Å². The first-order valence-electron chi connectivity index (χ1n) is 11.4. The number of carbonyl (C=O) groups excluding carboxylic acids is 2. The lowest BCUT2D eigenvalue weighted by molar-refractivity contribution is -0.159. The molecule has 1 fully saturated rings. The van der Waals surface area contributed by atoms with Crippen molar-refractivity contribution in [2.24, 2.45) is 0 Å². The molecule has 0 saturated carbocycles. The van der Waals surface area contributed by atoms with Crippen LogP contribution in [0.15, 0.2) is 57.5 Å². The Bertz CT molecular complexity index is 1440. The number of rotatable bonds is 5. The molecular formula is C25H21F3N4O5. The molecule has 5 rings (SSSR count). The minimum absolute atomic E-state index is 0.140. The number of benzene rings is 2. The molecular weight excluding hydrogens is 493 g/mol. The van der Waals surface area contributed by atoms with Gasteiger partial charge in [0.2, 0.25) is 5.82 Å². The summed E-state index contributed by atoms with van der Waals surface area (Å²) >= 11 is 0. The fourth-order valence-corrected chi connectivity index (χ4v) is 4.21. The van der Waals surface area contributed by atoms with Crippen molar-refractivity contribution in [2.75, 3.05) is 26.3 Å². The molecule has 1 aliphatic rings. The zero-order chi connectivity index (χ0) is 26.2. The molecule has 0 unspecified atom stereocenters. The summed E-state index contributed by atoms with van der Waals surface area (Å²) in [5, 5.41) is 6.86. The van der Waals surface area contributed by atoms with E-state index in [0.717, 1.165) is 5.39 Å². The second-order valence-electron chi connectivity index (χ2n) is 8.46. The predicted octanol–water partition coefficient (Wildman–Crippen LogP) is 4.08. The Morgan fingerprint density at radius 3 is 2.62 bits per heavy atom. The summed E-state index contributed by atoms with van der Waals surface area (Å²) in [6.07, 6.45) is -4.74. The van der Waals surface area contributed by atoms with Gasteiger partial charge in [-0.05, 0) is 25.1 Å². The monoisotopic (exact) mass is 514 g/mol. The van der Waals surface area contributed by atoms with Crippen LogP contribution in [0.3, 0.4) is 0 Å². The van der Waals surface area contributed by atoms with Crippen molar-refractivity contribution in [3.05, 3.63) is 71.3 Å². The second kappa shape index (κ2) is 9.69. The van der Waals surface area contributed by atoms with Gasteiger partial charge in [-0.25, -0.2) is 0 Å². The van der Waals surface area contributed by atoms with Gasteiger partial charge in [-0.15, -0.1) is 0 Å². The molecule has 4 aromatic rings. The summed E-state index contributed by atoms with van der Waals surface area (Å²) in [6.45, 7) is 2.86. The Balaban J connectivity index is 1.26. The molecule has 12 heteroatoms. The molecule has 0 aliphatic carbocycles. The van der Waals surface area contributed by atoms with Gasteiger partial charge in [-0.1, -0.05) is 35.5 Å². The number of hydrogen-bond acceptors (Lipinski definition) is 7. The summed E-state index contributed by atoms with van der Waals surface area (Å²) in [4.78, 5) is 31.2. The summed E-state index contributed by atoms with van der Waals surface area (Å²) < 4.78 is 53.6. The van der Waals surface area contributed by atoms with Gasteiger partial charge >= 0.3 is 12.1 Å². The van der Waals surface area contributed by atoms with E-state index in [0.29, 0.717) is 30.1 Å². The molecule has 37 heavy (non-hydrogen) atoms. The van der Waals surface area contributed by atoms with Crippen molar-refractivity contribution in [1.29, 1.82) is 0 Å². The van der Waals surface area contributed by atoms with Crippen molar-refractivity contribution in [3.63, 3.8) is 0 Å². The quantitative estimate of drug-likeness (QED) is 0.427. The number of ether oxygens (including phenoxy) is 1. The topological polar surface area (TPSA) is 111 Å². The maximum atomic E-state index is 13.5. The van der Waals surface area contributed by atoms with Crippen LogP contribution in [0.5, 0.6) is 0 Å². The van der Waals surface area contributed by atoms with E-state index >= 15 is 0 Å². The van der Waals surface area contributed by atoms with Gasteiger partial charge in [0.1, 0.15) is 11.3 Å². The Morgan fingerprint density at radius 2 is 1.89 bits per heavy atom. The third-order valence-electron chi connectivity index (χ3n) is 6.05. The molecule has 2 aromatic carbocycles. The lowest BCUT2D eigenvalue weighted by Crippen LogP contribution is -2.53. The molecule has 2 aromatic heterocycles. The fraction of sp³-hybridized carbons (Fsp3) is 0.280. The summed E-state index contributed by atoms with van der Waals surface area (Å²) in [5.41, 5.74) is 1.64. The van der Waals surface area contributed by atoms with Crippen molar-refractivity contribution in [1.82, 2.24) is 20.4 Å². The van der Waals surface area contributed by atoms with Crippen molar-refractivity contribution < 1.29 is 36.4 Å². The Morgan fingerprint density at radius 1 is 1.14 bits per heavy atom. The number of furan rings is 1. The highest BCUT2D eigenvalue weighted by Crippen LogP contribution is 2.30. The number of aryl methyl sites for hydroxylation is 1. The van der Waals surface area contributed by atoms with Crippen LogP contribution in [-0.2, 0) is 10.9 Å². The summed E-state index contributed by atoms with van der Waals surface area (Å²) in [7, 11) is 0. The zero-order valence-electron chi connectivity index (χ0n) is 19.5. The molecule has 1 N–H and O–H groups in total. The van der Waals surface area contributed by atoms with E-state index in [9.17, 15) is 22.8 Å². The number of fused-ring (bicyclic) bond motifs is 1. The Labute approximate surface area is 208 Å². The van der Waals surface area contributed by atoms with Crippen molar-refractivity contribution in [3.8, 4) is 11.4 Å². The molecule has 1 aliphatic heterocycles. The number of alkyl halides is 3. The van der Waals surface area contributed by atoms with Crippen LogP contribution >= 0.6 is 0 Å². The van der Waals surface area contributed by atoms with E-state index in [1.165, 1.54) is 24.3 Å². The molecule has 9 nitrogen and oxygen atoms in total. The van der Waals surface area contributed by atoms with Crippen molar-refractivity contribution in [2.45, 2.75) is 19.1 Å². The average Bonchev–Trinajstić information content (AvgIpc) is 3.52. The second-order valence-corrected chi connectivity index (χ2v) is 8.46. The maximum absolute atomic E-state index is 13.5. The lowest BCUT2D eigenvalue weighted by atomic mass is 10.1. The molecule has 3 heterocycles. The van der Waals surface area contributed by atoms with E-state index in [4.69, 9.17) is 9.15 Å². The highest BCUT2D eigenvalue weighted by atomic mass is 19.4. The molecule has 0 spiro atoms. The summed E-state index contributed by atoms with van der Waals surface area (Å²) in [6, 6.07) is 12.6. The molecule has 1 atom stereocenters. The number of nitrogens with zero attached hydrogens (tertiary/aromatic N) is 3. The van der Waals surface area contributed by atoms with Crippen molar-refractivity contribution >= 4 is 22.8 Å². The number of hydrogen-bond donors (Lipinski definition) is 1. The molecule has 2 amide bonds. The third kappa shape index (κ3) is 4.92. The minimum Gasteiger partial charge on any atom is -0.461 e. The first-order chi connectivity index (χ1) is 17.7. The van der Waals surface area contributed by atoms with E-state index in [1.807, 2.05) is 18.2 Å². The van der Waals surface area contributed by atoms with E-state index in [1.54, 1.807) is 17.9 Å². The van der Waals surface area contributed by atoms with Gasteiger partial charge < -0.3 is 23.9 Å². The van der Waals surface area contributed by atoms with Gasteiger partial charge in [0.15, 0.2) is 0 Å². The highest BCUT2D eigenvalue weighted by molar-refractivity contribution is 6.07. The number of morpholine rings is 1. The minimum atomic E-state index is -4.74. The number of carbonyl (C=O) groups is 2. The van der Waals surface area contributed by atoms with Crippen LogP contribution in [-0.4, -0.2) is 59.2 Å². The van der Waals surface area contributed by atoms with Crippen LogP contribution in [0.2, 0.25) is 0 Å². The largest absolute Gasteiger partial charge is 0.471 e. The number of para-hydroxylation sites is 1. The average molecular weight is 514 g/mol. The normalized spacial score (nSPS) is 16.2. The van der Waals surface area contributed by atoms with Gasteiger partial charge in [-0.2, -0.15) is 18.2 Å². The first kappa shape index (κ1) is 24.5. The standard InChI is InChI=1S/C25H21F3N4O5/c1-14-20(18-4-2-3-5-19(18)36-14)23(34)32-10-11-35-13-17(32)12-29-22(33)16-8-6-15(7-9-16)21-30-24(37-31-21)25(26,27)28/h2-9,17H,10-13H2,1H3,(H,29,33)/t17-/m0/s1. The Kier molecular flexibility index (Phi) is 6.42. The van der Waals surface area contributed by atoms with Gasteiger partial charge in [0, 0.05) is 29.6 Å². The van der Waals surface area contributed by atoms with Crippen LogP contribution in [0, 0.1) is 6.92 Å². The number of aromatic nitrogens is 2. The SMILES string of the molecule is Cc1oc2ccccc2c1C(=O)N1CCOC[C@@H]1CNC(=O)c1ccc(-c2noc(C(F)(F)F)n2)cc1.